The molecule has 0 amide bonds. The van der Waals surface area contributed by atoms with Crippen molar-refractivity contribution in [2.75, 3.05) is 31.6 Å². The largest absolute Gasteiger partial charge is 0.357 e. The number of thiophene rings is 1. The lowest BCUT2D eigenvalue weighted by atomic mass is 9.90. The third kappa shape index (κ3) is 9.61. The van der Waals surface area contributed by atoms with Gasteiger partial charge in [-0.25, -0.2) is 8.42 Å². The first kappa shape index (κ1) is 20.0. The number of rotatable bonds is 9. The van der Waals surface area contributed by atoms with Crippen molar-refractivity contribution >= 4 is 27.1 Å². The number of guanidine groups is 1. The van der Waals surface area contributed by atoms with Gasteiger partial charge in [0.1, 0.15) is 9.84 Å². The van der Waals surface area contributed by atoms with E-state index in [4.69, 9.17) is 0 Å². The van der Waals surface area contributed by atoms with Crippen LogP contribution in [-0.2, 0) is 16.3 Å². The van der Waals surface area contributed by atoms with E-state index >= 15 is 0 Å². The van der Waals surface area contributed by atoms with E-state index < -0.39 is 9.84 Å². The Bertz CT molecular complexity index is 578. The number of nitrogens with one attached hydrogen (secondary N) is 2. The fraction of sp³-hybridized carbons (Fsp3) is 0.688. The Morgan fingerprint density at radius 1 is 1.35 bits per heavy atom. The van der Waals surface area contributed by atoms with Gasteiger partial charge in [-0.15, -0.1) is 11.3 Å². The van der Waals surface area contributed by atoms with Crippen LogP contribution in [0.25, 0.3) is 0 Å². The minimum absolute atomic E-state index is 0.140. The van der Waals surface area contributed by atoms with Gasteiger partial charge in [0.2, 0.25) is 0 Å². The van der Waals surface area contributed by atoms with Crippen molar-refractivity contribution in [2.45, 2.75) is 33.6 Å². The Morgan fingerprint density at radius 2 is 2.09 bits per heavy atom. The van der Waals surface area contributed by atoms with Crippen LogP contribution in [0.4, 0.5) is 0 Å². The minimum atomic E-state index is -2.92. The lowest BCUT2D eigenvalue weighted by Gasteiger charge is -2.22. The van der Waals surface area contributed by atoms with E-state index in [1.165, 1.54) is 11.1 Å². The van der Waals surface area contributed by atoms with Crippen LogP contribution in [0.1, 0.15) is 32.1 Å². The molecule has 0 spiro atoms. The van der Waals surface area contributed by atoms with Gasteiger partial charge in [0, 0.05) is 30.8 Å². The number of aliphatic imine (C=N–C) groups is 1. The van der Waals surface area contributed by atoms with Crippen LogP contribution in [0.2, 0.25) is 0 Å². The SMILES string of the molecule is CCNC(=NCC(C)(C)CCS(C)(=O)=O)NCCc1cccs1. The molecule has 0 fully saturated rings. The summed E-state index contributed by atoms with van der Waals surface area (Å²) < 4.78 is 22.6. The Morgan fingerprint density at radius 3 is 2.65 bits per heavy atom. The molecule has 5 nitrogen and oxygen atoms in total. The summed E-state index contributed by atoms with van der Waals surface area (Å²) in [5, 5.41) is 8.65. The highest BCUT2D eigenvalue weighted by atomic mass is 32.2. The second-order valence-electron chi connectivity index (χ2n) is 6.50. The molecule has 0 atom stereocenters. The molecule has 0 aliphatic carbocycles. The van der Waals surface area contributed by atoms with Crippen LogP contribution in [0.5, 0.6) is 0 Å². The highest BCUT2D eigenvalue weighted by Gasteiger charge is 2.20. The summed E-state index contributed by atoms with van der Waals surface area (Å²) in [7, 11) is -2.92. The summed E-state index contributed by atoms with van der Waals surface area (Å²) >= 11 is 1.76. The molecule has 23 heavy (non-hydrogen) atoms. The zero-order valence-corrected chi connectivity index (χ0v) is 16.2. The summed E-state index contributed by atoms with van der Waals surface area (Å²) in [6.07, 6.45) is 2.87. The molecule has 0 radical (unpaired) electrons. The van der Waals surface area contributed by atoms with Crippen molar-refractivity contribution in [1.82, 2.24) is 10.6 Å². The van der Waals surface area contributed by atoms with E-state index in [0.29, 0.717) is 13.0 Å². The molecule has 0 aliphatic heterocycles. The highest BCUT2D eigenvalue weighted by molar-refractivity contribution is 7.90. The summed E-state index contributed by atoms with van der Waals surface area (Å²) in [6, 6.07) is 4.19. The van der Waals surface area contributed by atoms with E-state index in [1.54, 1.807) is 11.3 Å². The summed E-state index contributed by atoms with van der Waals surface area (Å²) in [6.45, 7) is 8.36. The summed E-state index contributed by atoms with van der Waals surface area (Å²) in [4.78, 5) is 5.96. The number of hydrogen-bond donors (Lipinski definition) is 2. The Hall–Kier alpha value is -1.08. The van der Waals surface area contributed by atoms with Gasteiger partial charge in [0.25, 0.3) is 0 Å². The minimum Gasteiger partial charge on any atom is -0.357 e. The molecule has 0 unspecified atom stereocenters. The molecule has 0 bridgehead atoms. The Labute approximate surface area is 144 Å². The Kier molecular flexibility index (Phi) is 8.05. The number of sulfone groups is 1. The predicted octanol–water partition coefficient (Wildman–Crippen LogP) is 2.31. The maximum Gasteiger partial charge on any atom is 0.191 e. The Balaban J connectivity index is 2.49. The van der Waals surface area contributed by atoms with Crippen molar-refractivity contribution in [3.63, 3.8) is 0 Å². The standard InChI is InChI=1S/C16H29N3O2S2/c1-5-17-15(18-10-8-14-7-6-11-22-14)19-13-16(2,3)9-12-23(4,20)21/h6-7,11H,5,8-10,12-13H2,1-4H3,(H2,17,18,19). The van der Waals surface area contributed by atoms with Crippen molar-refractivity contribution in [3.8, 4) is 0 Å². The molecule has 0 aromatic carbocycles. The van der Waals surface area contributed by atoms with Crippen molar-refractivity contribution in [1.29, 1.82) is 0 Å². The predicted molar refractivity (Wildman–Crippen MR) is 100 cm³/mol. The van der Waals surface area contributed by atoms with Crippen LogP contribution in [0.3, 0.4) is 0 Å². The highest BCUT2D eigenvalue weighted by Crippen LogP contribution is 2.21. The quantitative estimate of drug-likeness (QED) is 0.524. The molecular formula is C16H29N3O2S2. The molecule has 0 saturated heterocycles. The number of nitrogens with zero attached hydrogens (tertiary/aromatic N) is 1. The van der Waals surface area contributed by atoms with Crippen LogP contribution in [0, 0.1) is 5.41 Å². The van der Waals surface area contributed by atoms with Crippen molar-refractivity contribution in [2.24, 2.45) is 10.4 Å². The first-order chi connectivity index (χ1) is 10.7. The molecular weight excluding hydrogens is 330 g/mol. The fourth-order valence-electron chi connectivity index (χ4n) is 1.93. The molecule has 1 rings (SSSR count). The molecule has 1 heterocycles. The van der Waals surface area contributed by atoms with Gasteiger partial charge in [-0.3, -0.25) is 4.99 Å². The average molecular weight is 360 g/mol. The van der Waals surface area contributed by atoms with Gasteiger partial charge in [0.15, 0.2) is 5.96 Å². The van der Waals surface area contributed by atoms with Gasteiger partial charge < -0.3 is 10.6 Å². The third-order valence-corrected chi connectivity index (χ3v) is 5.28. The zero-order valence-electron chi connectivity index (χ0n) is 14.6. The van der Waals surface area contributed by atoms with Crippen molar-refractivity contribution in [3.05, 3.63) is 22.4 Å². The monoisotopic (exact) mass is 359 g/mol. The lowest BCUT2D eigenvalue weighted by Crippen LogP contribution is -2.39. The summed E-state index contributed by atoms with van der Waals surface area (Å²) in [5.41, 5.74) is -0.140. The maximum atomic E-state index is 11.3. The van der Waals surface area contributed by atoms with E-state index in [1.807, 2.05) is 6.92 Å². The summed E-state index contributed by atoms with van der Waals surface area (Å²) in [5.74, 6) is 0.995. The molecule has 1 aromatic heterocycles. The van der Waals surface area contributed by atoms with Gasteiger partial charge in [0.05, 0.1) is 5.75 Å². The van der Waals surface area contributed by atoms with Gasteiger partial charge >= 0.3 is 0 Å². The molecule has 7 heteroatoms. The van der Waals surface area contributed by atoms with E-state index in [0.717, 1.165) is 25.5 Å². The molecule has 2 N–H and O–H groups in total. The van der Waals surface area contributed by atoms with Gasteiger partial charge in [-0.2, -0.15) is 0 Å². The van der Waals surface area contributed by atoms with E-state index in [9.17, 15) is 8.42 Å². The normalized spacial score (nSPS) is 13.1. The topological polar surface area (TPSA) is 70.6 Å². The molecule has 0 aliphatic rings. The number of hydrogen-bond acceptors (Lipinski definition) is 4. The molecule has 0 saturated carbocycles. The third-order valence-electron chi connectivity index (χ3n) is 3.40. The van der Waals surface area contributed by atoms with Crippen LogP contribution < -0.4 is 10.6 Å². The second-order valence-corrected chi connectivity index (χ2v) is 9.79. The fourth-order valence-corrected chi connectivity index (χ4v) is 3.57. The van der Waals surface area contributed by atoms with Gasteiger partial charge in [-0.1, -0.05) is 19.9 Å². The molecule has 132 valence electrons. The lowest BCUT2D eigenvalue weighted by molar-refractivity contribution is 0.365. The van der Waals surface area contributed by atoms with Crippen LogP contribution in [0.15, 0.2) is 22.5 Å². The first-order valence-electron chi connectivity index (χ1n) is 7.94. The van der Waals surface area contributed by atoms with Gasteiger partial charge in [-0.05, 0) is 36.6 Å². The van der Waals surface area contributed by atoms with Crippen molar-refractivity contribution < 1.29 is 8.42 Å². The van der Waals surface area contributed by atoms with Crippen LogP contribution >= 0.6 is 11.3 Å². The maximum absolute atomic E-state index is 11.3. The van der Waals surface area contributed by atoms with E-state index in [-0.39, 0.29) is 11.2 Å². The van der Waals surface area contributed by atoms with E-state index in [2.05, 4.69) is 47.0 Å². The average Bonchev–Trinajstić information content (AvgIpc) is 2.95. The van der Waals surface area contributed by atoms with Crippen LogP contribution in [-0.4, -0.2) is 46.0 Å². The molecule has 1 aromatic rings. The smallest absolute Gasteiger partial charge is 0.191 e. The zero-order chi connectivity index (χ0) is 17.3. The first-order valence-corrected chi connectivity index (χ1v) is 10.9. The second kappa shape index (κ2) is 9.27.